The summed E-state index contributed by atoms with van der Waals surface area (Å²) in [6.07, 6.45) is 1.67. The molecular weight excluding hydrogens is 334 g/mol. The van der Waals surface area contributed by atoms with Crippen molar-refractivity contribution in [1.82, 2.24) is 30.3 Å². The highest BCUT2D eigenvalue weighted by Crippen LogP contribution is 2.30. The molecule has 9 nitrogen and oxygen atoms in total. The van der Waals surface area contributed by atoms with Crippen molar-refractivity contribution in [2.24, 2.45) is 0 Å². The highest BCUT2D eigenvalue weighted by Gasteiger charge is 2.25. The third kappa shape index (κ3) is 2.70. The third-order valence-electron chi connectivity index (χ3n) is 4.56. The van der Waals surface area contributed by atoms with Gasteiger partial charge >= 0.3 is 0 Å². The van der Waals surface area contributed by atoms with Crippen LogP contribution in [0.1, 0.15) is 17.3 Å². The first kappa shape index (κ1) is 16.5. The molecule has 0 aliphatic carbocycles. The Morgan fingerprint density at radius 1 is 1.35 bits per heavy atom. The number of nitrogens with one attached hydrogen (secondary N) is 2. The molecule has 0 aromatic carbocycles. The fourth-order valence-electron chi connectivity index (χ4n) is 3.18. The maximum Gasteiger partial charge on any atom is 0.255 e. The topological polar surface area (TPSA) is 103 Å². The second kappa shape index (κ2) is 6.41. The molecule has 1 atom stereocenters. The van der Waals surface area contributed by atoms with E-state index in [0.29, 0.717) is 35.5 Å². The average Bonchev–Trinajstić information content (AvgIpc) is 3.29. The van der Waals surface area contributed by atoms with Crippen LogP contribution in [0.3, 0.4) is 0 Å². The number of morpholine rings is 1. The normalized spacial score (nSPS) is 17.7. The molecule has 0 saturated carbocycles. The van der Waals surface area contributed by atoms with Crippen LogP contribution in [0.4, 0.5) is 5.82 Å². The van der Waals surface area contributed by atoms with Crippen LogP contribution in [0.25, 0.3) is 22.4 Å². The molecule has 0 unspecified atom stereocenters. The van der Waals surface area contributed by atoms with Crippen LogP contribution in [-0.2, 0) is 4.74 Å². The Hall–Kier alpha value is -2.94. The number of hydrogen-bond acceptors (Lipinski definition) is 6. The van der Waals surface area contributed by atoms with Gasteiger partial charge in [0.05, 0.1) is 30.5 Å². The number of carbonyl (C=O) groups is 1. The van der Waals surface area contributed by atoms with Crippen LogP contribution in [0.15, 0.2) is 18.3 Å². The maximum absolute atomic E-state index is 12.8. The van der Waals surface area contributed by atoms with E-state index in [-0.39, 0.29) is 11.9 Å². The molecule has 0 spiro atoms. The highest BCUT2D eigenvalue weighted by molar-refractivity contribution is 6.07. The lowest BCUT2D eigenvalue weighted by molar-refractivity contribution is 0.0829. The second-order valence-electron chi connectivity index (χ2n) is 6.61. The van der Waals surface area contributed by atoms with Gasteiger partial charge < -0.3 is 14.5 Å². The first-order valence-corrected chi connectivity index (χ1v) is 8.51. The number of aromatic amines is 2. The predicted octanol–water partition coefficient (Wildman–Crippen LogP) is 1.27. The van der Waals surface area contributed by atoms with Crippen molar-refractivity contribution in [3.05, 3.63) is 23.9 Å². The number of nitrogens with zero attached hydrogens (tertiary/aromatic N) is 5. The summed E-state index contributed by atoms with van der Waals surface area (Å²) in [6, 6.07) is 3.84. The largest absolute Gasteiger partial charge is 0.377 e. The van der Waals surface area contributed by atoms with Gasteiger partial charge in [-0.15, -0.1) is 0 Å². The number of aromatic nitrogens is 5. The average molecular weight is 355 g/mol. The van der Waals surface area contributed by atoms with Gasteiger partial charge in [0.1, 0.15) is 22.5 Å². The Balaban J connectivity index is 1.92. The van der Waals surface area contributed by atoms with Gasteiger partial charge in [-0.25, -0.2) is 4.98 Å². The lowest BCUT2D eigenvalue weighted by atomic mass is 10.1. The standard InChI is InChI=1S/C17H21N7O2/c1-10-9-26-7-6-24(10)13-8-11(17(25)23(2)3)14-16(19-13)15(22-21-14)12-4-5-18-20-12/h4-5,8,10H,6-7,9H2,1-3H3,(H,18,20)(H,21,22)/t10-/m1/s1. The van der Waals surface area contributed by atoms with Gasteiger partial charge in [-0.3, -0.25) is 15.0 Å². The van der Waals surface area contributed by atoms with Crippen LogP contribution < -0.4 is 4.90 Å². The number of H-pyrrole nitrogens is 2. The van der Waals surface area contributed by atoms with Gasteiger partial charge in [-0.05, 0) is 19.1 Å². The van der Waals surface area contributed by atoms with Crippen LogP contribution in [0, 0.1) is 0 Å². The molecule has 0 bridgehead atoms. The van der Waals surface area contributed by atoms with Crippen molar-refractivity contribution < 1.29 is 9.53 Å². The fraction of sp³-hybridized carbons (Fsp3) is 0.412. The molecule has 0 radical (unpaired) electrons. The van der Waals surface area contributed by atoms with E-state index in [1.54, 1.807) is 25.2 Å². The Labute approximate surface area is 150 Å². The van der Waals surface area contributed by atoms with Gasteiger partial charge in [0.25, 0.3) is 5.91 Å². The molecule has 1 saturated heterocycles. The highest BCUT2D eigenvalue weighted by atomic mass is 16.5. The minimum Gasteiger partial charge on any atom is -0.377 e. The van der Waals surface area contributed by atoms with Crippen LogP contribution >= 0.6 is 0 Å². The second-order valence-corrected chi connectivity index (χ2v) is 6.61. The van der Waals surface area contributed by atoms with Crippen LogP contribution in [-0.4, -0.2) is 76.1 Å². The molecular formula is C17H21N7O2. The monoisotopic (exact) mass is 355 g/mol. The molecule has 3 aromatic rings. The smallest absolute Gasteiger partial charge is 0.255 e. The Bertz CT molecular complexity index is 932. The number of pyridine rings is 1. The van der Waals surface area contributed by atoms with Gasteiger partial charge in [0, 0.05) is 26.8 Å². The fourth-order valence-corrected chi connectivity index (χ4v) is 3.18. The van der Waals surface area contributed by atoms with Crippen molar-refractivity contribution >= 4 is 22.8 Å². The van der Waals surface area contributed by atoms with Gasteiger partial charge in [0.15, 0.2) is 0 Å². The van der Waals surface area contributed by atoms with E-state index in [0.717, 1.165) is 18.1 Å². The zero-order valence-electron chi connectivity index (χ0n) is 15.0. The van der Waals surface area contributed by atoms with Gasteiger partial charge in [-0.1, -0.05) is 0 Å². The molecule has 2 N–H and O–H groups in total. The summed E-state index contributed by atoms with van der Waals surface area (Å²) in [5.74, 6) is 0.642. The lowest BCUT2D eigenvalue weighted by Crippen LogP contribution is -2.44. The summed E-state index contributed by atoms with van der Waals surface area (Å²) in [5, 5.41) is 14.3. The maximum atomic E-state index is 12.8. The van der Waals surface area contributed by atoms with Crippen LogP contribution in [0.2, 0.25) is 0 Å². The molecule has 136 valence electrons. The SMILES string of the molecule is C[C@@H]1COCCN1c1cc(C(=O)N(C)C)c2n[nH]c(-c3ccn[nH]3)c2n1. The molecule has 1 fully saturated rings. The van der Waals surface area contributed by atoms with Crippen molar-refractivity contribution in [3.8, 4) is 11.4 Å². The minimum atomic E-state index is -0.109. The minimum absolute atomic E-state index is 0.109. The van der Waals surface area contributed by atoms with Crippen LogP contribution in [0.5, 0.6) is 0 Å². The zero-order chi connectivity index (χ0) is 18.3. The predicted molar refractivity (Wildman–Crippen MR) is 97.1 cm³/mol. The number of amides is 1. The Kier molecular flexibility index (Phi) is 4.08. The first-order chi connectivity index (χ1) is 12.6. The third-order valence-corrected chi connectivity index (χ3v) is 4.56. The molecule has 4 rings (SSSR count). The van der Waals surface area contributed by atoms with E-state index in [4.69, 9.17) is 9.72 Å². The summed E-state index contributed by atoms with van der Waals surface area (Å²) < 4.78 is 5.53. The number of anilines is 1. The summed E-state index contributed by atoms with van der Waals surface area (Å²) in [4.78, 5) is 21.3. The molecule has 3 aromatic heterocycles. The van der Waals surface area contributed by atoms with Crippen molar-refractivity contribution in [2.75, 3.05) is 38.8 Å². The van der Waals surface area contributed by atoms with E-state index < -0.39 is 0 Å². The molecule has 4 heterocycles. The lowest BCUT2D eigenvalue weighted by Gasteiger charge is -2.34. The summed E-state index contributed by atoms with van der Waals surface area (Å²) in [7, 11) is 3.46. The summed E-state index contributed by atoms with van der Waals surface area (Å²) >= 11 is 0. The number of ether oxygens (including phenoxy) is 1. The van der Waals surface area contributed by atoms with E-state index in [9.17, 15) is 4.79 Å². The summed E-state index contributed by atoms with van der Waals surface area (Å²) in [5.41, 5.74) is 3.22. The first-order valence-electron chi connectivity index (χ1n) is 8.51. The molecule has 1 aliphatic heterocycles. The quantitative estimate of drug-likeness (QED) is 0.733. The summed E-state index contributed by atoms with van der Waals surface area (Å²) in [6.45, 7) is 4.09. The van der Waals surface area contributed by atoms with Crippen molar-refractivity contribution in [1.29, 1.82) is 0 Å². The molecule has 26 heavy (non-hydrogen) atoms. The number of fused-ring (bicyclic) bond motifs is 1. The van der Waals surface area contributed by atoms with Gasteiger partial charge in [0.2, 0.25) is 0 Å². The van der Waals surface area contributed by atoms with E-state index in [1.807, 2.05) is 12.1 Å². The molecule has 1 aliphatic rings. The Morgan fingerprint density at radius 3 is 2.88 bits per heavy atom. The number of rotatable bonds is 3. The number of hydrogen-bond donors (Lipinski definition) is 2. The van der Waals surface area contributed by atoms with Gasteiger partial charge in [-0.2, -0.15) is 10.2 Å². The number of carbonyl (C=O) groups excluding carboxylic acids is 1. The van der Waals surface area contributed by atoms with Crippen molar-refractivity contribution in [3.63, 3.8) is 0 Å². The van der Waals surface area contributed by atoms with E-state index in [1.165, 1.54) is 0 Å². The van der Waals surface area contributed by atoms with E-state index in [2.05, 4.69) is 32.2 Å². The van der Waals surface area contributed by atoms with Crippen molar-refractivity contribution in [2.45, 2.75) is 13.0 Å². The molecule has 9 heteroatoms. The Morgan fingerprint density at radius 2 is 2.19 bits per heavy atom. The van der Waals surface area contributed by atoms with E-state index >= 15 is 0 Å². The molecule has 1 amide bonds. The zero-order valence-corrected chi connectivity index (χ0v) is 15.0.